The fourth-order valence-corrected chi connectivity index (χ4v) is 2.34. The highest BCUT2D eigenvalue weighted by atomic mass is 16.5. The molecular formula is C13H19NO. The molecule has 2 nitrogen and oxygen atoms in total. The molecule has 15 heavy (non-hydrogen) atoms. The van der Waals surface area contributed by atoms with Crippen molar-refractivity contribution in [2.24, 2.45) is 0 Å². The van der Waals surface area contributed by atoms with Gasteiger partial charge in [0.05, 0.1) is 12.1 Å². The van der Waals surface area contributed by atoms with E-state index in [2.05, 4.69) is 36.5 Å². The molecule has 82 valence electrons. The molecule has 0 amide bonds. The molecule has 1 aliphatic rings. The summed E-state index contributed by atoms with van der Waals surface area (Å²) in [5.74, 6) is 0. The smallest absolute Gasteiger partial charge is 0.0770 e. The summed E-state index contributed by atoms with van der Waals surface area (Å²) in [7, 11) is 2.01. The zero-order chi connectivity index (χ0) is 10.7. The van der Waals surface area contributed by atoms with E-state index in [1.165, 1.54) is 24.0 Å². The van der Waals surface area contributed by atoms with E-state index in [4.69, 9.17) is 4.74 Å². The van der Waals surface area contributed by atoms with Crippen LogP contribution in [0.25, 0.3) is 0 Å². The summed E-state index contributed by atoms with van der Waals surface area (Å²) in [5.41, 5.74) is 2.71. The minimum absolute atomic E-state index is 0.341. The van der Waals surface area contributed by atoms with Crippen molar-refractivity contribution in [1.29, 1.82) is 0 Å². The van der Waals surface area contributed by atoms with E-state index in [1.807, 2.05) is 7.05 Å². The van der Waals surface area contributed by atoms with Crippen LogP contribution < -0.4 is 5.32 Å². The van der Waals surface area contributed by atoms with Crippen molar-refractivity contribution in [2.75, 3.05) is 13.7 Å². The van der Waals surface area contributed by atoms with Crippen molar-refractivity contribution in [3.05, 3.63) is 35.4 Å². The van der Waals surface area contributed by atoms with Crippen LogP contribution in [0.1, 0.15) is 30.0 Å². The summed E-state index contributed by atoms with van der Waals surface area (Å²) in [6, 6.07) is 8.88. The van der Waals surface area contributed by atoms with Gasteiger partial charge in [0.25, 0.3) is 0 Å². The van der Waals surface area contributed by atoms with Gasteiger partial charge in [-0.05, 0) is 37.9 Å². The first kappa shape index (κ1) is 10.7. The van der Waals surface area contributed by atoms with E-state index in [9.17, 15) is 0 Å². The van der Waals surface area contributed by atoms with Crippen LogP contribution in [0.5, 0.6) is 0 Å². The SMILES string of the molecule is CNC(c1ccccc1C)C1CCCO1. The number of nitrogens with one attached hydrogen (secondary N) is 1. The molecule has 0 spiro atoms. The van der Waals surface area contributed by atoms with Crippen molar-refractivity contribution >= 4 is 0 Å². The Kier molecular flexibility index (Phi) is 3.39. The molecule has 1 fully saturated rings. The molecule has 0 aromatic heterocycles. The number of aryl methyl sites for hydroxylation is 1. The van der Waals surface area contributed by atoms with Gasteiger partial charge in [0.15, 0.2) is 0 Å². The van der Waals surface area contributed by atoms with Crippen LogP contribution >= 0.6 is 0 Å². The van der Waals surface area contributed by atoms with Crippen molar-refractivity contribution in [2.45, 2.75) is 31.9 Å². The van der Waals surface area contributed by atoms with E-state index < -0.39 is 0 Å². The number of hydrogen-bond acceptors (Lipinski definition) is 2. The molecule has 2 atom stereocenters. The first-order valence-corrected chi connectivity index (χ1v) is 5.67. The van der Waals surface area contributed by atoms with E-state index in [-0.39, 0.29) is 0 Å². The summed E-state index contributed by atoms with van der Waals surface area (Å²) >= 11 is 0. The van der Waals surface area contributed by atoms with Crippen LogP contribution in [0.3, 0.4) is 0 Å². The lowest BCUT2D eigenvalue weighted by atomic mass is 9.96. The topological polar surface area (TPSA) is 21.3 Å². The van der Waals surface area contributed by atoms with Gasteiger partial charge in [-0.1, -0.05) is 24.3 Å². The van der Waals surface area contributed by atoms with E-state index >= 15 is 0 Å². The van der Waals surface area contributed by atoms with E-state index in [1.54, 1.807) is 0 Å². The maximum atomic E-state index is 5.75. The maximum absolute atomic E-state index is 5.75. The van der Waals surface area contributed by atoms with Crippen LogP contribution in [0, 0.1) is 6.92 Å². The van der Waals surface area contributed by atoms with Gasteiger partial charge in [-0.15, -0.1) is 0 Å². The largest absolute Gasteiger partial charge is 0.376 e. The first-order chi connectivity index (χ1) is 7.33. The van der Waals surface area contributed by atoms with Crippen molar-refractivity contribution in [1.82, 2.24) is 5.32 Å². The van der Waals surface area contributed by atoms with Crippen LogP contribution in [0.4, 0.5) is 0 Å². The Morgan fingerprint density at radius 2 is 2.20 bits per heavy atom. The fraction of sp³-hybridized carbons (Fsp3) is 0.538. The lowest BCUT2D eigenvalue weighted by molar-refractivity contribution is 0.0806. The van der Waals surface area contributed by atoms with Gasteiger partial charge in [0, 0.05) is 6.61 Å². The average molecular weight is 205 g/mol. The third-order valence-corrected chi connectivity index (χ3v) is 3.17. The lowest BCUT2D eigenvalue weighted by Crippen LogP contribution is -2.29. The lowest BCUT2D eigenvalue weighted by Gasteiger charge is -2.24. The molecule has 2 unspecified atom stereocenters. The summed E-state index contributed by atoms with van der Waals surface area (Å²) in [6.07, 6.45) is 2.70. The Labute approximate surface area is 91.6 Å². The van der Waals surface area contributed by atoms with Crippen LogP contribution in [0.2, 0.25) is 0 Å². The first-order valence-electron chi connectivity index (χ1n) is 5.67. The van der Waals surface area contributed by atoms with Crippen LogP contribution in [0.15, 0.2) is 24.3 Å². The number of hydrogen-bond donors (Lipinski definition) is 1. The average Bonchev–Trinajstić information content (AvgIpc) is 2.75. The van der Waals surface area contributed by atoms with Gasteiger partial charge >= 0.3 is 0 Å². The number of benzene rings is 1. The van der Waals surface area contributed by atoms with Crippen molar-refractivity contribution in [3.8, 4) is 0 Å². The second-order valence-corrected chi connectivity index (χ2v) is 4.17. The zero-order valence-electron chi connectivity index (χ0n) is 9.49. The third-order valence-electron chi connectivity index (χ3n) is 3.17. The summed E-state index contributed by atoms with van der Waals surface area (Å²) < 4.78 is 5.75. The summed E-state index contributed by atoms with van der Waals surface area (Å²) in [5, 5.41) is 3.38. The molecule has 1 aliphatic heterocycles. The van der Waals surface area contributed by atoms with Crippen LogP contribution in [-0.2, 0) is 4.74 Å². The van der Waals surface area contributed by atoms with Crippen molar-refractivity contribution < 1.29 is 4.74 Å². The van der Waals surface area contributed by atoms with E-state index in [0.29, 0.717) is 12.1 Å². The molecule has 1 heterocycles. The third kappa shape index (κ3) is 2.21. The maximum Gasteiger partial charge on any atom is 0.0770 e. The van der Waals surface area contributed by atoms with Gasteiger partial charge in [-0.25, -0.2) is 0 Å². The van der Waals surface area contributed by atoms with Crippen LogP contribution in [-0.4, -0.2) is 19.8 Å². The molecule has 0 saturated carbocycles. The molecule has 2 heteroatoms. The minimum atomic E-state index is 0.341. The highest BCUT2D eigenvalue weighted by Crippen LogP contribution is 2.28. The molecule has 0 aliphatic carbocycles. The molecule has 0 radical (unpaired) electrons. The summed E-state index contributed by atoms with van der Waals surface area (Å²) in [4.78, 5) is 0. The zero-order valence-corrected chi connectivity index (χ0v) is 9.49. The Balaban J connectivity index is 2.22. The Hall–Kier alpha value is -0.860. The second-order valence-electron chi connectivity index (χ2n) is 4.17. The highest BCUT2D eigenvalue weighted by Gasteiger charge is 2.26. The molecule has 1 aromatic carbocycles. The Morgan fingerprint density at radius 3 is 2.80 bits per heavy atom. The monoisotopic (exact) mass is 205 g/mol. The van der Waals surface area contributed by atoms with Gasteiger partial charge in [-0.3, -0.25) is 0 Å². The quantitative estimate of drug-likeness (QED) is 0.818. The Morgan fingerprint density at radius 1 is 1.40 bits per heavy atom. The molecule has 1 aromatic rings. The normalized spacial score (nSPS) is 22.9. The Bertz CT molecular complexity index is 318. The van der Waals surface area contributed by atoms with Gasteiger partial charge < -0.3 is 10.1 Å². The predicted octanol–water partition coefficient (Wildman–Crippen LogP) is 2.43. The highest BCUT2D eigenvalue weighted by molar-refractivity contribution is 5.29. The minimum Gasteiger partial charge on any atom is -0.376 e. The standard InChI is InChI=1S/C13H19NO/c1-10-6-3-4-7-11(10)13(14-2)12-8-5-9-15-12/h3-4,6-7,12-14H,5,8-9H2,1-2H3. The van der Waals surface area contributed by atoms with Gasteiger partial charge in [0.1, 0.15) is 0 Å². The number of rotatable bonds is 3. The molecule has 0 bridgehead atoms. The fourth-order valence-electron chi connectivity index (χ4n) is 2.34. The van der Waals surface area contributed by atoms with Crippen molar-refractivity contribution in [3.63, 3.8) is 0 Å². The number of ether oxygens (including phenoxy) is 1. The molecule has 2 rings (SSSR count). The molecule has 1 N–H and O–H groups in total. The molecular weight excluding hydrogens is 186 g/mol. The predicted molar refractivity (Wildman–Crippen MR) is 62.0 cm³/mol. The van der Waals surface area contributed by atoms with E-state index in [0.717, 1.165) is 6.61 Å². The molecule has 1 saturated heterocycles. The number of likely N-dealkylation sites (N-methyl/N-ethyl adjacent to an activating group) is 1. The van der Waals surface area contributed by atoms with Gasteiger partial charge in [0.2, 0.25) is 0 Å². The summed E-state index contributed by atoms with van der Waals surface area (Å²) in [6.45, 7) is 3.07. The second kappa shape index (κ2) is 4.77. The van der Waals surface area contributed by atoms with Gasteiger partial charge in [-0.2, -0.15) is 0 Å².